The van der Waals surface area contributed by atoms with Crippen molar-refractivity contribution in [1.82, 2.24) is 9.80 Å². The van der Waals surface area contributed by atoms with E-state index in [0.717, 1.165) is 44.9 Å². The fraction of sp³-hybridized carbons (Fsp3) is 0.680. The number of amides is 2. The molecule has 0 aliphatic carbocycles. The molecular formula is C25H39N3O5S. The van der Waals surface area contributed by atoms with Gasteiger partial charge in [0.1, 0.15) is 11.5 Å². The Morgan fingerprint density at radius 3 is 2.44 bits per heavy atom. The minimum absolute atomic E-state index is 0.0586. The summed E-state index contributed by atoms with van der Waals surface area (Å²) in [6, 6.07) is 5.09. The maximum Gasteiger partial charge on any atom is 0.252 e. The molecule has 0 spiro atoms. The lowest BCUT2D eigenvalue weighted by atomic mass is 9.78. The quantitative estimate of drug-likeness (QED) is 0.517. The number of primary amides is 1. The van der Waals surface area contributed by atoms with Crippen LogP contribution >= 0.6 is 0 Å². The van der Waals surface area contributed by atoms with Crippen LogP contribution in [0, 0.1) is 5.92 Å². The van der Waals surface area contributed by atoms with Gasteiger partial charge in [0, 0.05) is 30.8 Å². The molecule has 2 aliphatic rings. The molecule has 2 bridgehead atoms. The minimum Gasteiger partial charge on any atom is -0.507 e. The smallest absolute Gasteiger partial charge is 0.252 e. The van der Waals surface area contributed by atoms with Crippen LogP contribution in [0.5, 0.6) is 5.75 Å². The third-order valence-corrected chi connectivity index (χ3v) is 8.57. The Morgan fingerprint density at radius 1 is 1.21 bits per heavy atom. The number of sulfone groups is 1. The average Bonchev–Trinajstić information content (AvgIpc) is 3.06. The van der Waals surface area contributed by atoms with Crippen molar-refractivity contribution in [2.75, 3.05) is 25.1 Å². The van der Waals surface area contributed by atoms with Crippen LogP contribution in [0.3, 0.4) is 0 Å². The first-order chi connectivity index (χ1) is 16.0. The van der Waals surface area contributed by atoms with Crippen molar-refractivity contribution < 1.29 is 23.1 Å². The van der Waals surface area contributed by atoms with E-state index in [1.165, 1.54) is 6.07 Å². The molecule has 2 heterocycles. The van der Waals surface area contributed by atoms with Crippen molar-refractivity contribution in [3.8, 4) is 5.75 Å². The number of carbonyl (C=O) groups excluding carboxylic acids is 2. The Kier molecular flexibility index (Phi) is 8.29. The maximum absolute atomic E-state index is 13.5. The number of benzene rings is 1. The Bertz CT molecular complexity index is 1010. The second-order valence-electron chi connectivity index (χ2n) is 9.87. The van der Waals surface area contributed by atoms with Gasteiger partial charge in [0.25, 0.3) is 5.91 Å². The predicted molar refractivity (Wildman–Crippen MR) is 132 cm³/mol. The fourth-order valence-corrected chi connectivity index (χ4v) is 6.71. The first-order valence-corrected chi connectivity index (χ1v) is 14.4. The number of nitrogens with two attached hydrogens (primary N) is 1. The lowest BCUT2D eigenvalue weighted by molar-refractivity contribution is -0.135. The first kappa shape index (κ1) is 26.5. The van der Waals surface area contributed by atoms with E-state index in [9.17, 15) is 23.1 Å². The highest BCUT2D eigenvalue weighted by Gasteiger charge is 2.51. The molecule has 0 saturated carbocycles. The Labute approximate surface area is 203 Å². The van der Waals surface area contributed by atoms with Gasteiger partial charge in [-0.3, -0.25) is 14.5 Å². The van der Waals surface area contributed by atoms with E-state index < -0.39 is 27.4 Å². The van der Waals surface area contributed by atoms with Crippen molar-refractivity contribution in [2.24, 2.45) is 11.7 Å². The molecular weight excluding hydrogens is 454 g/mol. The molecule has 0 aromatic heterocycles. The van der Waals surface area contributed by atoms with E-state index in [1.807, 2.05) is 0 Å². The third-order valence-electron chi connectivity index (χ3n) is 7.80. The molecule has 34 heavy (non-hydrogen) atoms. The summed E-state index contributed by atoms with van der Waals surface area (Å²) in [5.41, 5.74) is 6.17. The zero-order chi connectivity index (χ0) is 25.2. The van der Waals surface area contributed by atoms with Gasteiger partial charge in [-0.1, -0.05) is 45.7 Å². The number of nitrogens with zero attached hydrogens (tertiary/aromatic N) is 2. The van der Waals surface area contributed by atoms with Crippen LogP contribution in [0.2, 0.25) is 0 Å². The number of rotatable bonds is 10. The zero-order valence-electron chi connectivity index (χ0n) is 20.7. The summed E-state index contributed by atoms with van der Waals surface area (Å²) in [6.07, 6.45) is 5.46. The van der Waals surface area contributed by atoms with Crippen molar-refractivity contribution in [1.29, 1.82) is 0 Å². The molecule has 1 aromatic carbocycles. The number of likely N-dealkylation sites (N-methyl/N-ethyl adjacent to an activating group) is 1. The summed E-state index contributed by atoms with van der Waals surface area (Å²) in [5, 5.41) is 11.0. The van der Waals surface area contributed by atoms with Gasteiger partial charge in [0.05, 0.1) is 11.6 Å². The lowest BCUT2D eigenvalue weighted by Gasteiger charge is -2.50. The van der Waals surface area contributed by atoms with Crippen molar-refractivity contribution in [3.05, 3.63) is 29.3 Å². The molecule has 1 aromatic rings. The van der Waals surface area contributed by atoms with E-state index in [-0.39, 0.29) is 35.2 Å². The van der Waals surface area contributed by atoms with Crippen LogP contribution in [0.15, 0.2) is 18.2 Å². The summed E-state index contributed by atoms with van der Waals surface area (Å²) in [6.45, 7) is 7.58. The minimum atomic E-state index is -3.51. The summed E-state index contributed by atoms with van der Waals surface area (Å²) in [7, 11) is -3.51. The van der Waals surface area contributed by atoms with E-state index >= 15 is 0 Å². The summed E-state index contributed by atoms with van der Waals surface area (Å²) < 4.78 is 24.2. The monoisotopic (exact) mass is 493 g/mol. The number of aromatic hydroxyl groups is 1. The number of hydrogen-bond donors (Lipinski definition) is 2. The van der Waals surface area contributed by atoms with Gasteiger partial charge in [-0.05, 0) is 43.4 Å². The van der Waals surface area contributed by atoms with Gasteiger partial charge in [-0.25, -0.2) is 8.42 Å². The molecule has 2 fully saturated rings. The van der Waals surface area contributed by atoms with Crippen LogP contribution < -0.4 is 5.73 Å². The van der Waals surface area contributed by atoms with Crippen LogP contribution in [0.4, 0.5) is 0 Å². The average molecular weight is 494 g/mol. The van der Waals surface area contributed by atoms with Gasteiger partial charge in [0.15, 0.2) is 9.84 Å². The molecule has 2 unspecified atom stereocenters. The second kappa shape index (κ2) is 10.6. The van der Waals surface area contributed by atoms with Crippen molar-refractivity contribution >= 4 is 21.7 Å². The Balaban J connectivity index is 2.14. The number of hydrogen-bond acceptors (Lipinski definition) is 6. The molecule has 4 atom stereocenters. The van der Waals surface area contributed by atoms with E-state index in [0.29, 0.717) is 18.2 Å². The third kappa shape index (κ3) is 5.40. The van der Waals surface area contributed by atoms with Crippen LogP contribution in [0.1, 0.15) is 74.7 Å². The van der Waals surface area contributed by atoms with Crippen LogP contribution in [-0.4, -0.2) is 78.4 Å². The summed E-state index contributed by atoms with van der Waals surface area (Å²) in [5.74, 6) is -1.75. The predicted octanol–water partition coefficient (Wildman–Crippen LogP) is 2.51. The fourth-order valence-electron chi connectivity index (χ4n) is 6.10. The molecule has 2 aliphatic heterocycles. The normalized spacial score (nSPS) is 25.0. The molecule has 8 nitrogen and oxygen atoms in total. The van der Waals surface area contributed by atoms with Gasteiger partial charge < -0.3 is 15.7 Å². The van der Waals surface area contributed by atoms with Gasteiger partial charge >= 0.3 is 0 Å². The lowest BCUT2D eigenvalue weighted by Crippen LogP contribution is -2.60. The molecule has 3 rings (SSSR count). The van der Waals surface area contributed by atoms with Crippen molar-refractivity contribution in [2.45, 2.75) is 76.9 Å². The molecule has 2 saturated heterocycles. The highest BCUT2D eigenvalue weighted by molar-refractivity contribution is 7.91. The molecule has 9 heteroatoms. The molecule has 3 N–H and O–H groups in total. The number of fused-ring (bicyclic) bond motifs is 2. The Morgan fingerprint density at radius 2 is 1.88 bits per heavy atom. The highest BCUT2D eigenvalue weighted by Crippen LogP contribution is 2.48. The van der Waals surface area contributed by atoms with Gasteiger partial charge in [-0.15, -0.1) is 0 Å². The second-order valence-corrected chi connectivity index (χ2v) is 12.0. The SMILES string of the molecule is CCC(CC)CN(C(=O)CS(C)(=O)=O)C1C(c2cccc(C(N)=O)c2O)C[C@@H]2CC[C@@H]1N2CC. The highest BCUT2D eigenvalue weighted by atomic mass is 32.2. The number of phenols is 1. The van der Waals surface area contributed by atoms with E-state index in [1.54, 1.807) is 17.0 Å². The zero-order valence-corrected chi connectivity index (χ0v) is 21.6. The number of para-hydroxylation sites is 1. The summed E-state index contributed by atoms with van der Waals surface area (Å²) in [4.78, 5) is 29.7. The maximum atomic E-state index is 13.5. The van der Waals surface area contributed by atoms with E-state index in [4.69, 9.17) is 5.73 Å². The number of piperidine rings is 1. The van der Waals surface area contributed by atoms with Crippen LogP contribution in [0.25, 0.3) is 0 Å². The van der Waals surface area contributed by atoms with Crippen molar-refractivity contribution in [3.63, 3.8) is 0 Å². The number of carbonyl (C=O) groups is 2. The Hall–Kier alpha value is -2.13. The molecule has 2 amide bonds. The molecule has 0 radical (unpaired) electrons. The van der Waals surface area contributed by atoms with Crippen LogP contribution in [-0.2, 0) is 14.6 Å². The van der Waals surface area contributed by atoms with Gasteiger partial charge in [0.2, 0.25) is 5.91 Å². The standard InChI is InChI=1S/C25H39N3O5S/c1-5-16(6-2)14-28(22(29)15-34(4,32)33)23-20(13-17-11-12-21(23)27(17)7-3)18-9-8-10-19(24(18)30)25(26)31/h8-10,16-17,20-21,23,30H,5-7,11-15H2,1-4H3,(H2,26,31)/t17-,20?,21-,23?/m0/s1. The largest absolute Gasteiger partial charge is 0.507 e. The van der Waals surface area contributed by atoms with Gasteiger partial charge in [-0.2, -0.15) is 0 Å². The topological polar surface area (TPSA) is 121 Å². The molecule has 190 valence electrons. The first-order valence-electron chi connectivity index (χ1n) is 12.4. The summed E-state index contributed by atoms with van der Waals surface area (Å²) >= 11 is 0. The van der Waals surface area contributed by atoms with E-state index in [2.05, 4.69) is 25.7 Å².